The van der Waals surface area contributed by atoms with Gasteiger partial charge in [0.05, 0.1) is 5.56 Å². The van der Waals surface area contributed by atoms with Crippen LogP contribution in [0.15, 0.2) is 73.1 Å². The largest absolute Gasteiger partial charge is 0.416 e. The third-order valence-corrected chi connectivity index (χ3v) is 6.10. The van der Waals surface area contributed by atoms with Gasteiger partial charge in [0.1, 0.15) is 6.04 Å². The number of likely N-dealkylation sites (tertiary alicyclic amines) is 1. The van der Waals surface area contributed by atoms with E-state index in [-0.39, 0.29) is 25.4 Å². The smallest absolute Gasteiger partial charge is 0.287 e. The number of piperidine rings is 1. The molecule has 2 nitrogen and oxygen atoms in total. The Bertz CT molecular complexity index is 1060. The molecule has 0 spiro atoms. The molecule has 2 heterocycles. The third-order valence-electron chi connectivity index (χ3n) is 6.10. The molecule has 8 heteroatoms. The van der Waals surface area contributed by atoms with Crippen molar-refractivity contribution >= 4 is 0 Å². The van der Waals surface area contributed by atoms with E-state index in [0.717, 1.165) is 28.8 Å². The molecule has 1 fully saturated rings. The Kier molecular flexibility index (Phi) is 6.47. The van der Waals surface area contributed by atoms with Gasteiger partial charge in [-0.25, -0.2) is 0 Å². The molecule has 2 aromatic carbocycles. The average molecular weight is 464 g/mol. The molecule has 3 aromatic rings. The second-order valence-corrected chi connectivity index (χ2v) is 8.32. The van der Waals surface area contributed by atoms with Crippen molar-refractivity contribution in [1.82, 2.24) is 9.88 Å². The standard InChI is InChI=1S/C25H22F6N2/c26-24(27,28)22-7-4-18(5-8-22)19-2-1-3-20(14-19)21-6-9-23(25(29,30)31)33(16-21)15-17-10-12-32-13-11-17/h1-5,7-8,10-14,21,23H,6,9,15-16H2. The van der Waals surface area contributed by atoms with E-state index in [1.165, 1.54) is 17.0 Å². The van der Waals surface area contributed by atoms with Gasteiger partial charge in [-0.15, -0.1) is 0 Å². The normalized spacial score (nSPS) is 20.1. The molecule has 0 amide bonds. The van der Waals surface area contributed by atoms with Gasteiger partial charge >= 0.3 is 12.4 Å². The monoisotopic (exact) mass is 464 g/mol. The highest BCUT2D eigenvalue weighted by molar-refractivity contribution is 5.64. The number of alkyl halides is 6. The van der Waals surface area contributed by atoms with Crippen LogP contribution in [0.3, 0.4) is 0 Å². The second-order valence-electron chi connectivity index (χ2n) is 8.32. The molecule has 0 bridgehead atoms. The van der Waals surface area contributed by atoms with E-state index in [1.54, 1.807) is 36.7 Å². The van der Waals surface area contributed by atoms with Crippen molar-refractivity contribution < 1.29 is 26.3 Å². The number of aromatic nitrogens is 1. The van der Waals surface area contributed by atoms with E-state index < -0.39 is 24.0 Å². The van der Waals surface area contributed by atoms with Crippen LogP contribution >= 0.6 is 0 Å². The third kappa shape index (κ3) is 5.55. The minimum absolute atomic E-state index is 0.0102. The van der Waals surface area contributed by atoms with Crippen molar-refractivity contribution in [2.24, 2.45) is 0 Å². The van der Waals surface area contributed by atoms with Crippen LogP contribution in [-0.4, -0.2) is 28.6 Å². The second kappa shape index (κ2) is 9.17. The molecule has 0 aliphatic carbocycles. The first kappa shape index (κ1) is 23.3. The van der Waals surface area contributed by atoms with Gasteiger partial charge in [-0.3, -0.25) is 9.88 Å². The summed E-state index contributed by atoms with van der Waals surface area (Å²) >= 11 is 0. The van der Waals surface area contributed by atoms with Crippen LogP contribution in [0.4, 0.5) is 26.3 Å². The lowest BCUT2D eigenvalue weighted by Crippen LogP contribution is -2.50. The van der Waals surface area contributed by atoms with Crippen molar-refractivity contribution in [3.05, 3.63) is 89.7 Å². The van der Waals surface area contributed by atoms with Gasteiger partial charge in [0, 0.05) is 25.5 Å². The Labute approximate surface area is 187 Å². The lowest BCUT2D eigenvalue weighted by atomic mass is 9.85. The molecular formula is C25H22F6N2. The van der Waals surface area contributed by atoms with Crippen molar-refractivity contribution in [3.8, 4) is 11.1 Å². The zero-order chi connectivity index (χ0) is 23.6. The van der Waals surface area contributed by atoms with Gasteiger partial charge in [0.2, 0.25) is 0 Å². The lowest BCUT2D eigenvalue weighted by molar-refractivity contribution is -0.194. The SMILES string of the molecule is FC(F)(F)c1ccc(-c2cccc(C3CCC(C(F)(F)F)N(Cc4ccncc4)C3)c2)cc1. The van der Waals surface area contributed by atoms with E-state index in [2.05, 4.69) is 4.98 Å². The zero-order valence-corrected chi connectivity index (χ0v) is 17.6. The summed E-state index contributed by atoms with van der Waals surface area (Å²) in [6, 6.07) is 14.1. The van der Waals surface area contributed by atoms with Crippen LogP contribution in [0, 0.1) is 0 Å². The van der Waals surface area contributed by atoms with Crippen LogP contribution in [0.5, 0.6) is 0 Å². The summed E-state index contributed by atoms with van der Waals surface area (Å²) in [6.45, 7) is 0.407. The van der Waals surface area contributed by atoms with Crippen molar-refractivity contribution in [2.45, 2.75) is 43.7 Å². The molecule has 0 N–H and O–H groups in total. The summed E-state index contributed by atoms with van der Waals surface area (Å²) in [5.41, 5.74) is 2.29. The summed E-state index contributed by atoms with van der Waals surface area (Å²) < 4.78 is 79.6. The maximum Gasteiger partial charge on any atom is 0.416 e. The van der Waals surface area contributed by atoms with Crippen molar-refractivity contribution in [1.29, 1.82) is 0 Å². The molecule has 0 radical (unpaired) electrons. The Morgan fingerprint density at radius 1 is 0.818 bits per heavy atom. The van der Waals surface area contributed by atoms with Gasteiger partial charge in [-0.2, -0.15) is 26.3 Å². The number of halogens is 6. The van der Waals surface area contributed by atoms with E-state index in [4.69, 9.17) is 0 Å². The molecule has 1 aliphatic heterocycles. The molecule has 1 saturated heterocycles. The fraction of sp³-hybridized carbons (Fsp3) is 0.320. The number of benzene rings is 2. The summed E-state index contributed by atoms with van der Waals surface area (Å²) in [4.78, 5) is 5.39. The van der Waals surface area contributed by atoms with E-state index in [9.17, 15) is 26.3 Å². The Hall–Kier alpha value is -2.87. The van der Waals surface area contributed by atoms with Gasteiger partial charge in [0.15, 0.2) is 0 Å². The topological polar surface area (TPSA) is 16.1 Å². The van der Waals surface area contributed by atoms with Gasteiger partial charge in [-0.05, 0) is 65.3 Å². The van der Waals surface area contributed by atoms with E-state index >= 15 is 0 Å². The van der Waals surface area contributed by atoms with Gasteiger partial charge in [0.25, 0.3) is 0 Å². The molecule has 1 aliphatic rings. The first-order chi connectivity index (χ1) is 15.6. The molecule has 2 atom stereocenters. The van der Waals surface area contributed by atoms with Crippen LogP contribution in [0.1, 0.15) is 35.4 Å². The number of hydrogen-bond donors (Lipinski definition) is 0. The minimum atomic E-state index is -4.41. The Balaban J connectivity index is 1.56. The van der Waals surface area contributed by atoms with Gasteiger partial charge in [-0.1, -0.05) is 36.4 Å². The van der Waals surface area contributed by atoms with Crippen molar-refractivity contribution in [3.63, 3.8) is 0 Å². The fourth-order valence-electron chi connectivity index (χ4n) is 4.41. The maximum absolute atomic E-state index is 13.7. The molecule has 174 valence electrons. The molecule has 1 aromatic heterocycles. The zero-order valence-electron chi connectivity index (χ0n) is 17.6. The predicted molar refractivity (Wildman–Crippen MR) is 113 cm³/mol. The van der Waals surface area contributed by atoms with Crippen LogP contribution < -0.4 is 0 Å². The average Bonchev–Trinajstić information content (AvgIpc) is 2.79. The van der Waals surface area contributed by atoms with E-state index in [0.29, 0.717) is 12.0 Å². The first-order valence-corrected chi connectivity index (χ1v) is 10.6. The Morgan fingerprint density at radius 3 is 2.15 bits per heavy atom. The molecule has 2 unspecified atom stereocenters. The van der Waals surface area contributed by atoms with Crippen molar-refractivity contribution in [2.75, 3.05) is 6.54 Å². The number of pyridine rings is 1. The Morgan fingerprint density at radius 2 is 1.52 bits per heavy atom. The summed E-state index contributed by atoms with van der Waals surface area (Å²) in [7, 11) is 0. The number of rotatable bonds is 4. The number of hydrogen-bond acceptors (Lipinski definition) is 2. The van der Waals surface area contributed by atoms with Crippen LogP contribution in [-0.2, 0) is 12.7 Å². The minimum Gasteiger partial charge on any atom is -0.287 e. The number of nitrogens with zero attached hydrogens (tertiary/aromatic N) is 2. The molecule has 0 saturated carbocycles. The lowest BCUT2D eigenvalue weighted by Gasteiger charge is -2.40. The highest BCUT2D eigenvalue weighted by Gasteiger charge is 2.46. The summed E-state index contributed by atoms with van der Waals surface area (Å²) in [6.07, 6.45) is -5.23. The highest BCUT2D eigenvalue weighted by Crippen LogP contribution is 2.39. The molecule has 4 rings (SSSR count). The van der Waals surface area contributed by atoms with Crippen LogP contribution in [0.25, 0.3) is 11.1 Å². The summed E-state index contributed by atoms with van der Waals surface area (Å²) in [5, 5.41) is 0. The fourth-order valence-corrected chi connectivity index (χ4v) is 4.41. The maximum atomic E-state index is 13.7. The first-order valence-electron chi connectivity index (χ1n) is 10.6. The quantitative estimate of drug-likeness (QED) is 0.384. The van der Waals surface area contributed by atoms with E-state index in [1.807, 2.05) is 12.1 Å². The van der Waals surface area contributed by atoms with Crippen LogP contribution in [0.2, 0.25) is 0 Å². The van der Waals surface area contributed by atoms with Gasteiger partial charge < -0.3 is 0 Å². The predicted octanol–water partition coefficient (Wildman–Crippen LogP) is 7.08. The molecule has 33 heavy (non-hydrogen) atoms. The highest BCUT2D eigenvalue weighted by atomic mass is 19.4. The summed E-state index contributed by atoms with van der Waals surface area (Å²) in [5.74, 6) is -0.111. The molecular weight excluding hydrogens is 442 g/mol.